The van der Waals surface area contributed by atoms with Crippen LogP contribution in [0.25, 0.3) is 0 Å². The van der Waals surface area contributed by atoms with Crippen LogP contribution in [0.5, 0.6) is 5.75 Å². The van der Waals surface area contributed by atoms with Gasteiger partial charge in [-0.2, -0.15) is 0 Å². The van der Waals surface area contributed by atoms with Crippen LogP contribution in [0.3, 0.4) is 0 Å². The van der Waals surface area contributed by atoms with Crippen LogP contribution in [0.15, 0.2) is 12.1 Å². The number of ether oxygens (including phenoxy) is 2. The molecule has 0 radical (unpaired) electrons. The highest BCUT2D eigenvalue weighted by Crippen LogP contribution is 2.14. The van der Waals surface area contributed by atoms with Crippen molar-refractivity contribution in [3.8, 4) is 5.75 Å². The third kappa shape index (κ3) is 3.20. The van der Waals surface area contributed by atoms with Crippen molar-refractivity contribution in [1.82, 2.24) is 4.98 Å². The van der Waals surface area contributed by atoms with Gasteiger partial charge in [0.05, 0.1) is 14.2 Å². The molecule has 1 unspecified atom stereocenters. The van der Waals surface area contributed by atoms with E-state index < -0.39 is 12.0 Å². The molecule has 1 atom stereocenters. The fraction of sp³-hybridized carbons (Fsp3) is 0.455. The monoisotopic (exact) mass is 224 g/mol. The zero-order valence-corrected chi connectivity index (χ0v) is 9.69. The van der Waals surface area contributed by atoms with Crippen molar-refractivity contribution >= 4 is 5.97 Å². The Kier molecular flexibility index (Phi) is 4.25. The minimum atomic E-state index is -0.691. The fourth-order valence-corrected chi connectivity index (χ4v) is 1.39. The number of esters is 1. The van der Waals surface area contributed by atoms with Gasteiger partial charge in [0.15, 0.2) is 0 Å². The molecule has 0 aliphatic carbocycles. The Balaban J connectivity index is 2.80. The van der Waals surface area contributed by atoms with E-state index in [9.17, 15) is 4.79 Å². The largest absolute Gasteiger partial charge is 0.497 e. The van der Waals surface area contributed by atoms with Crippen LogP contribution in [-0.2, 0) is 16.0 Å². The number of aryl methyl sites for hydroxylation is 1. The lowest BCUT2D eigenvalue weighted by molar-refractivity contribution is -0.142. The molecule has 5 nitrogen and oxygen atoms in total. The third-order valence-corrected chi connectivity index (χ3v) is 2.15. The number of hydrogen-bond acceptors (Lipinski definition) is 5. The summed E-state index contributed by atoms with van der Waals surface area (Å²) in [5.41, 5.74) is 7.19. The molecule has 0 saturated heterocycles. The van der Waals surface area contributed by atoms with Gasteiger partial charge in [0.1, 0.15) is 11.8 Å². The first-order valence-corrected chi connectivity index (χ1v) is 4.91. The summed E-state index contributed by atoms with van der Waals surface area (Å²) in [6.07, 6.45) is 0.338. The number of nitrogens with two attached hydrogens (primary N) is 1. The summed E-state index contributed by atoms with van der Waals surface area (Å²) in [6, 6.07) is 2.88. The summed E-state index contributed by atoms with van der Waals surface area (Å²) < 4.78 is 9.66. The van der Waals surface area contributed by atoms with Crippen molar-refractivity contribution in [3.05, 3.63) is 23.5 Å². The first kappa shape index (κ1) is 12.4. The van der Waals surface area contributed by atoms with Crippen LogP contribution in [0, 0.1) is 6.92 Å². The third-order valence-electron chi connectivity index (χ3n) is 2.15. The Labute approximate surface area is 94.6 Å². The summed E-state index contributed by atoms with van der Waals surface area (Å²) in [5, 5.41) is 0. The maximum atomic E-state index is 11.1. The van der Waals surface area contributed by atoms with Crippen LogP contribution in [0.2, 0.25) is 0 Å². The summed E-state index contributed by atoms with van der Waals surface area (Å²) in [4.78, 5) is 15.4. The number of carbonyl (C=O) groups excluding carboxylic acids is 1. The van der Waals surface area contributed by atoms with Gasteiger partial charge in [0.25, 0.3) is 0 Å². The van der Waals surface area contributed by atoms with Crippen LogP contribution in [-0.4, -0.2) is 31.2 Å². The molecule has 0 bridgehead atoms. The molecule has 0 saturated carbocycles. The molecule has 88 valence electrons. The highest BCUT2D eigenvalue weighted by Gasteiger charge is 2.15. The maximum Gasteiger partial charge on any atom is 0.323 e. The predicted molar refractivity (Wildman–Crippen MR) is 59.2 cm³/mol. The van der Waals surface area contributed by atoms with Gasteiger partial charge < -0.3 is 15.2 Å². The van der Waals surface area contributed by atoms with Gasteiger partial charge in [-0.3, -0.25) is 9.78 Å². The number of pyridine rings is 1. The summed E-state index contributed by atoms with van der Waals surface area (Å²) in [5.74, 6) is 0.266. The highest BCUT2D eigenvalue weighted by atomic mass is 16.5. The summed E-state index contributed by atoms with van der Waals surface area (Å²) in [7, 11) is 2.89. The standard InChI is InChI=1S/C11H16N2O3/c1-7-4-9(15-2)5-8(13-7)6-10(12)11(14)16-3/h4-5,10H,6,12H2,1-3H3. The molecule has 0 fully saturated rings. The minimum Gasteiger partial charge on any atom is -0.497 e. The molecule has 0 amide bonds. The molecule has 2 N–H and O–H groups in total. The van der Waals surface area contributed by atoms with Crippen molar-refractivity contribution in [3.63, 3.8) is 0 Å². The van der Waals surface area contributed by atoms with Crippen molar-refractivity contribution in [2.24, 2.45) is 5.73 Å². The Bertz CT molecular complexity index is 379. The van der Waals surface area contributed by atoms with E-state index in [0.29, 0.717) is 12.2 Å². The van der Waals surface area contributed by atoms with E-state index in [1.807, 2.05) is 13.0 Å². The van der Waals surface area contributed by atoms with E-state index in [1.165, 1.54) is 7.11 Å². The lowest BCUT2D eigenvalue weighted by Crippen LogP contribution is -2.33. The van der Waals surface area contributed by atoms with E-state index >= 15 is 0 Å². The van der Waals surface area contributed by atoms with Crippen LogP contribution < -0.4 is 10.5 Å². The SMILES string of the molecule is COC(=O)C(N)Cc1cc(OC)cc(C)n1. The number of aromatic nitrogens is 1. The Morgan fingerprint density at radius 1 is 1.50 bits per heavy atom. The first-order chi connectivity index (χ1) is 7.56. The van der Waals surface area contributed by atoms with Crippen LogP contribution >= 0.6 is 0 Å². The van der Waals surface area contributed by atoms with Crippen molar-refractivity contribution in [2.75, 3.05) is 14.2 Å². The van der Waals surface area contributed by atoms with E-state index in [-0.39, 0.29) is 0 Å². The molecule has 0 spiro atoms. The summed E-state index contributed by atoms with van der Waals surface area (Å²) in [6.45, 7) is 1.86. The van der Waals surface area contributed by atoms with E-state index in [0.717, 1.165) is 11.4 Å². The molecule has 1 aromatic rings. The number of rotatable bonds is 4. The molecule has 16 heavy (non-hydrogen) atoms. The van der Waals surface area contributed by atoms with Crippen LogP contribution in [0.4, 0.5) is 0 Å². The smallest absolute Gasteiger partial charge is 0.323 e. The van der Waals surface area contributed by atoms with Gasteiger partial charge >= 0.3 is 5.97 Å². The molecule has 0 aliphatic rings. The molecular weight excluding hydrogens is 208 g/mol. The second-order valence-electron chi connectivity index (χ2n) is 3.47. The van der Waals surface area contributed by atoms with Gasteiger partial charge in [-0.05, 0) is 6.92 Å². The Morgan fingerprint density at radius 2 is 2.19 bits per heavy atom. The molecule has 0 aromatic carbocycles. The molecular formula is C11H16N2O3. The zero-order chi connectivity index (χ0) is 12.1. The molecule has 0 aliphatic heterocycles. The fourth-order valence-electron chi connectivity index (χ4n) is 1.39. The lowest BCUT2D eigenvalue weighted by atomic mass is 10.1. The Hall–Kier alpha value is -1.62. The first-order valence-electron chi connectivity index (χ1n) is 4.91. The normalized spacial score (nSPS) is 12.0. The predicted octanol–water partition coefficient (Wildman–Crippen LogP) is 0.441. The zero-order valence-electron chi connectivity index (χ0n) is 9.69. The molecule has 1 rings (SSSR count). The maximum absolute atomic E-state index is 11.1. The topological polar surface area (TPSA) is 74.4 Å². The molecule has 1 heterocycles. The highest BCUT2D eigenvalue weighted by molar-refractivity contribution is 5.75. The van der Waals surface area contributed by atoms with Gasteiger partial charge in [-0.15, -0.1) is 0 Å². The van der Waals surface area contributed by atoms with Crippen molar-refractivity contribution in [1.29, 1.82) is 0 Å². The number of hydrogen-bond donors (Lipinski definition) is 1. The van der Waals surface area contributed by atoms with Crippen molar-refractivity contribution in [2.45, 2.75) is 19.4 Å². The minimum absolute atomic E-state index is 0.338. The van der Waals surface area contributed by atoms with E-state index in [4.69, 9.17) is 10.5 Å². The average Bonchev–Trinajstić information content (AvgIpc) is 2.26. The van der Waals surface area contributed by atoms with Gasteiger partial charge in [0, 0.05) is 29.9 Å². The second-order valence-corrected chi connectivity index (χ2v) is 3.47. The van der Waals surface area contributed by atoms with Crippen LogP contribution in [0.1, 0.15) is 11.4 Å². The Morgan fingerprint density at radius 3 is 2.75 bits per heavy atom. The molecule has 1 aromatic heterocycles. The van der Waals surface area contributed by atoms with Crippen molar-refractivity contribution < 1.29 is 14.3 Å². The number of methoxy groups -OCH3 is 2. The van der Waals surface area contributed by atoms with Gasteiger partial charge in [-0.25, -0.2) is 0 Å². The lowest BCUT2D eigenvalue weighted by Gasteiger charge is -2.10. The second kappa shape index (κ2) is 5.46. The van der Waals surface area contributed by atoms with E-state index in [2.05, 4.69) is 9.72 Å². The summed E-state index contributed by atoms with van der Waals surface area (Å²) >= 11 is 0. The van der Waals surface area contributed by atoms with E-state index in [1.54, 1.807) is 13.2 Å². The average molecular weight is 224 g/mol. The molecule has 5 heteroatoms. The van der Waals surface area contributed by atoms with Gasteiger partial charge in [0.2, 0.25) is 0 Å². The van der Waals surface area contributed by atoms with Gasteiger partial charge in [-0.1, -0.05) is 0 Å². The quantitative estimate of drug-likeness (QED) is 0.751. The number of carbonyl (C=O) groups is 1. The number of nitrogens with zero attached hydrogens (tertiary/aromatic N) is 1.